The van der Waals surface area contributed by atoms with Crippen LogP contribution in [0.1, 0.15) is 11.1 Å². The van der Waals surface area contributed by atoms with Gasteiger partial charge in [0.25, 0.3) is 6.71 Å². The summed E-state index contributed by atoms with van der Waals surface area (Å²) in [5, 5.41) is 7.65. The van der Waals surface area contributed by atoms with E-state index in [2.05, 4.69) is 252 Å². The van der Waals surface area contributed by atoms with Crippen molar-refractivity contribution in [3.8, 4) is 0 Å². The van der Waals surface area contributed by atoms with Gasteiger partial charge in [0, 0.05) is 67.4 Å². The number of hydrogen-bond donors (Lipinski definition) is 0. The first-order valence-electron chi connectivity index (χ1n) is 27.8. The fourth-order valence-corrected chi connectivity index (χ4v) is 13.0. The van der Waals surface area contributed by atoms with E-state index in [9.17, 15) is 0 Å². The molecule has 2 aromatic heterocycles. The molecule has 0 unspecified atom stereocenters. The van der Waals surface area contributed by atoms with Crippen molar-refractivity contribution in [1.29, 1.82) is 0 Å². The molecule has 16 rings (SSSR count). The summed E-state index contributed by atoms with van der Waals surface area (Å²) in [6.07, 6.45) is 1.85. The van der Waals surface area contributed by atoms with Crippen LogP contribution < -0.4 is 36.2 Å². The maximum Gasteiger partial charge on any atom is 0.297 e. The van der Waals surface area contributed by atoms with Gasteiger partial charge in [-0.2, -0.15) is 0 Å². The van der Waals surface area contributed by atoms with E-state index in [1.54, 1.807) is 0 Å². The molecule has 82 heavy (non-hydrogen) atoms. The minimum Gasteiger partial charge on any atom is -0.468 e. The van der Waals surface area contributed by atoms with E-state index in [0.29, 0.717) is 5.02 Å². The molecule has 0 aliphatic carbocycles. The lowest BCUT2D eigenvalue weighted by Crippen LogP contribution is -2.60. The Labute approximate surface area is 481 Å². The van der Waals surface area contributed by atoms with E-state index in [0.717, 1.165) is 84.3 Å². The van der Waals surface area contributed by atoms with Gasteiger partial charge in [-0.05, 0) is 149 Å². The number of aryl methyl sites for hydroxylation is 2. The third kappa shape index (κ3) is 7.95. The van der Waals surface area contributed by atoms with E-state index >= 15 is 0 Å². The molecule has 6 nitrogen and oxygen atoms in total. The largest absolute Gasteiger partial charge is 0.468 e. The summed E-state index contributed by atoms with van der Waals surface area (Å²) in [5.41, 5.74) is 20.4. The quantitative estimate of drug-likeness (QED) is 0.141. The fourth-order valence-electron chi connectivity index (χ4n) is 12.7. The van der Waals surface area contributed by atoms with Gasteiger partial charge in [0.1, 0.15) is 17.4 Å². The second-order valence-electron chi connectivity index (χ2n) is 21.0. The van der Waals surface area contributed by atoms with E-state index in [4.69, 9.17) is 20.4 Å². The molecule has 0 N–H and O–H groups in total. The predicted octanol–water partition coefficient (Wildman–Crippen LogP) is 19.5. The summed E-state index contributed by atoms with van der Waals surface area (Å²) >= 11 is 7.43. The van der Waals surface area contributed by atoms with E-state index in [1.165, 1.54) is 55.1 Å². The number of furan rings is 2. The van der Waals surface area contributed by atoms with Gasteiger partial charge in [0.15, 0.2) is 0 Å². The van der Waals surface area contributed by atoms with Crippen molar-refractivity contribution < 1.29 is 8.83 Å². The van der Waals surface area contributed by atoms with Crippen LogP contribution >= 0.6 is 11.6 Å². The van der Waals surface area contributed by atoms with Crippen LogP contribution in [0.4, 0.5) is 68.2 Å². The van der Waals surface area contributed by atoms with E-state index in [1.807, 2.05) is 60.9 Å². The van der Waals surface area contributed by atoms with Crippen LogP contribution in [-0.4, -0.2) is 6.71 Å². The molecule has 0 saturated carbocycles. The molecule has 4 heterocycles. The first-order chi connectivity index (χ1) is 40.5. The van der Waals surface area contributed by atoms with E-state index < -0.39 is 0 Å². The summed E-state index contributed by atoms with van der Waals surface area (Å²) in [6, 6.07) is 95.6. The molecule has 2 aliphatic rings. The van der Waals surface area contributed by atoms with Crippen molar-refractivity contribution in [1.82, 2.24) is 0 Å². The summed E-state index contributed by atoms with van der Waals surface area (Å²) in [6.45, 7) is 4.29. The van der Waals surface area contributed by atoms with Crippen LogP contribution in [0.2, 0.25) is 5.02 Å². The molecule has 0 amide bonds. The summed E-state index contributed by atoms with van der Waals surface area (Å²) in [5.74, 6) is 0. The fraction of sp³-hybridized carbons (Fsp3) is 0.0270. The van der Waals surface area contributed by atoms with Crippen LogP contribution in [-0.2, 0) is 0 Å². The van der Waals surface area contributed by atoms with Crippen molar-refractivity contribution >= 4 is 147 Å². The van der Waals surface area contributed by atoms with Gasteiger partial charge < -0.3 is 28.4 Å². The van der Waals surface area contributed by atoms with E-state index in [-0.39, 0.29) is 6.71 Å². The molecule has 12 aromatic carbocycles. The average Bonchev–Trinajstić information content (AvgIpc) is 2.02. The normalized spacial score (nSPS) is 12.3. The molecule has 390 valence electrons. The molecule has 0 bridgehead atoms. The molecule has 8 heteroatoms. The molecule has 0 atom stereocenters. The zero-order valence-electron chi connectivity index (χ0n) is 45.1. The highest BCUT2D eigenvalue weighted by Crippen LogP contribution is 2.51. The highest BCUT2D eigenvalue weighted by atomic mass is 35.5. The smallest absolute Gasteiger partial charge is 0.297 e. The average molecular weight is 1080 g/mol. The van der Waals surface area contributed by atoms with Gasteiger partial charge in [0.05, 0.1) is 33.4 Å². The van der Waals surface area contributed by atoms with Crippen LogP contribution in [0, 0.1) is 13.8 Å². The Morgan fingerprint density at radius 2 is 0.841 bits per heavy atom. The van der Waals surface area contributed by atoms with Crippen LogP contribution in [0.5, 0.6) is 0 Å². The molecule has 0 fully saturated rings. The van der Waals surface area contributed by atoms with Crippen LogP contribution in [0.15, 0.2) is 288 Å². The zero-order chi connectivity index (χ0) is 54.8. The first-order valence-corrected chi connectivity index (χ1v) is 28.2. The van der Waals surface area contributed by atoms with Crippen molar-refractivity contribution in [2.75, 3.05) is 19.6 Å². The lowest BCUT2D eigenvalue weighted by atomic mass is 9.35. The highest BCUT2D eigenvalue weighted by molar-refractivity contribution is 7.00. The number of para-hydroxylation sites is 6. The Bertz CT molecular complexity index is 4670. The third-order valence-electron chi connectivity index (χ3n) is 16.3. The lowest BCUT2D eigenvalue weighted by Gasteiger charge is -2.42. The Hall–Kier alpha value is -10.2. The van der Waals surface area contributed by atoms with Gasteiger partial charge in [-0.3, -0.25) is 0 Å². The standard InChI is InChI=1S/C37H25BN2O.C37H27ClN2O/c1-24-28-18-9-8-13-25(28)23-29-35-37(41-36(24)29)38-30-19-10-11-20-31(30)39(26-14-4-2-5-15-26)32-21-12-22-33(34(32)38)40(35)27-16-6-3-7-17-27;1-26-31-21-12-11-14-27(31)24-32-35(25-41-37(26)32)40(30-19-9-4-10-20-30)34-23-13-22-33(36(34)38)39(28-15-5-2-6-16-28)29-17-7-3-8-18-29/h2-23H,1H3;2-25H,1H3. The predicted molar refractivity (Wildman–Crippen MR) is 345 cm³/mol. The first kappa shape index (κ1) is 48.9. The number of benzene rings is 12. The SMILES string of the molecule is Cc1c2ccccc2cc2c(N(c3ccccc3)c3cccc(N(c4ccccc4)c4ccccc4)c3Cl)coc12.Cc1c2ccccc2cc2c3c(oc12)B1c2ccccc2N(c2ccccc2)c2cccc(c21)N3c1ccccc1. The van der Waals surface area contributed by atoms with Crippen molar-refractivity contribution in [3.63, 3.8) is 0 Å². The van der Waals surface area contributed by atoms with Gasteiger partial charge in [-0.1, -0.05) is 181 Å². The Kier molecular flexibility index (Phi) is 12.0. The second-order valence-corrected chi connectivity index (χ2v) is 21.3. The molecular weight excluding hydrogens is 1020 g/mol. The van der Waals surface area contributed by atoms with Crippen molar-refractivity contribution in [3.05, 3.63) is 295 Å². The van der Waals surface area contributed by atoms with Crippen molar-refractivity contribution in [2.45, 2.75) is 13.8 Å². The number of fused-ring (bicyclic) bond motifs is 9. The zero-order valence-corrected chi connectivity index (χ0v) is 45.9. The third-order valence-corrected chi connectivity index (χ3v) is 16.7. The summed E-state index contributed by atoms with van der Waals surface area (Å²) in [4.78, 5) is 9.21. The van der Waals surface area contributed by atoms with Crippen molar-refractivity contribution in [2.24, 2.45) is 0 Å². The number of rotatable bonds is 8. The number of hydrogen-bond acceptors (Lipinski definition) is 6. The highest BCUT2D eigenvalue weighted by Gasteiger charge is 2.46. The summed E-state index contributed by atoms with van der Waals surface area (Å²) in [7, 11) is 0. The minimum absolute atomic E-state index is 0.0257. The monoisotopic (exact) mass is 1070 g/mol. The van der Waals surface area contributed by atoms with Gasteiger partial charge >= 0.3 is 0 Å². The summed E-state index contributed by atoms with van der Waals surface area (Å²) < 4.78 is 13.3. The Morgan fingerprint density at radius 1 is 0.390 bits per heavy atom. The second kappa shape index (κ2) is 20.2. The number of halogens is 1. The molecular formula is C74H52BClN4O2. The van der Waals surface area contributed by atoms with Gasteiger partial charge in [0.2, 0.25) is 0 Å². The molecule has 0 radical (unpaired) electrons. The lowest BCUT2D eigenvalue weighted by molar-refractivity contribution is 0.614. The maximum atomic E-state index is 7.43. The number of nitrogens with zero attached hydrogens (tertiary/aromatic N) is 4. The van der Waals surface area contributed by atoms with Crippen LogP contribution in [0.25, 0.3) is 43.5 Å². The van der Waals surface area contributed by atoms with Crippen LogP contribution in [0.3, 0.4) is 0 Å². The molecule has 0 spiro atoms. The minimum atomic E-state index is -0.0257. The molecule has 2 aliphatic heterocycles. The van der Waals surface area contributed by atoms with Gasteiger partial charge in [-0.15, -0.1) is 0 Å². The topological polar surface area (TPSA) is 39.2 Å². The molecule has 14 aromatic rings. The number of anilines is 12. The Morgan fingerprint density at radius 3 is 1.45 bits per heavy atom. The molecule has 0 saturated heterocycles. The Balaban J connectivity index is 0.000000140. The van der Waals surface area contributed by atoms with Gasteiger partial charge in [-0.25, -0.2) is 0 Å². The maximum absolute atomic E-state index is 7.43.